The van der Waals surface area contributed by atoms with Crippen LogP contribution in [0.3, 0.4) is 0 Å². The first-order valence-electron chi connectivity index (χ1n) is 5.84. The summed E-state index contributed by atoms with van der Waals surface area (Å²) in [4.78, 5) is 15.6. The van der Waals surface area contributed by atoms with Crippen LogP contribution in [0.25, 0.3) is 0 Å². The van der Waals surface area contributed by atoms with Gasteiger partial charge in [-0.15, -0.1) is 0 Å². The normalized spacial score (nSPS) is 16.3. The number of carbonyl (C=O) groups excluding carboxylic acids is 1. The van der Waals surface area contributed by atoms with E-state index in [4.69, 9.17) is 9.47 Å². The van der Waals surface area contributed by atoms with E-state index in [9.17, 15) is 4.79 Å². The summed E-state index contributed by atoms with van der Waals surface area (Å²) in [5, 5.41) is 2.93. The summed E-state index contributed by atoms with van der Waals surface area (Å²) in [6, 6.07) is 1.98. The number of halogens is 1. The Morgan fingerprint density at radius 2 is 2.28 bits per heavy atom. The minimum absolute atomic E-state index is 0.00942. The Morgan fingerprint density at radius 3 is 3.00 bits per heavy atom. The molecular formula is C12H15BrN2O3. The lowest BCUT2D eigenvalue weighted by Gasteiger charge is -2.23. The van der Waals surface area contributed by atoms with Gasteiger partial charge in [-0.2, -0.15) is 0 Å². The fraction of sp³-hybridized carbons (Fsp3) is 0.500. The number of pyridine rings is 1. The van der Waals surface area contributed by atoms with Gasteiger partial charge in [0.15, 0.2) is 6.61 Å². The maximum Gasteiger partial charge on any atom is 0.258 e. The Balaban J connectivity index is 1.74. The Morgan fingerprint density at radius 1 is 1.50 bits per heavy atom. The van der Waals surface area contributed by atoms with Crippen molar-refractivity contribution in [3.63, 3.8) is 0 Å². The van der Waals surface area contributed by atoms with Crippen LogP contribution in [0.4, 0.5) is 0 Å². The Labute approximate surface area is 114 Å². The number of ether oxygens (including phenoxy) is 2. The summed E-state index contributed by atoms with van der Waals surface area (Å²) in [6.45, 7) is 1.43. The van der Waals surface area contributed by atoms with Crippen molar-refractivity contribution in [2.75, 3.05) is 19.8 Å². The zero-order valence-electron chi connectivity index (χ0n) is 9.89. The smallest absolute Gasteiger partial charge is 0.258 e. The summed E-state index contributed by atoms with van der Waals surface area (Å²) in [6.07, 6.45) is 4.97. The zero-order valence-corrected chi connectivity index (χ0v) is 11.5. The quantitative estimate of drug-likeness (QED) is 0.915. The molecule has 1 aromatic heterocycles. The molecular weight excluding hydrogens is 300 g/mol. The number of nitrogens with one attached hydrogen (secondary N) is 1. The van der Waals surface area contributed by atoms with Gasteiger partial charge in [-0.1, -0.05) is 0 Å². The van der Waals surface area contributed by atoms with Crippen LogP contribution in [0.5, 0.6) is 5.75 Å². The molecule has 0 bridgehead atoms. The van der Waals surface area contributed by atoms with Crippen molar-refractivity contribution in [2.45, 2.75) is 18.9 Å². The van der Waals surface area contributed by atoms with Gasteiger partial charge in [0.1, 0.15) is 5.75 Å². The fourth-order valence-electron chi connectivity index (χ4n) is 1.73. The standard InChI is InChI=1S/C12H15BrN2O3/c13-9-5-11(7-14-6-9)18-8-12(16)15-10-1-3-17-4-2-10/h5-7,10H,1-4,8H2,(H,15,16). The predicted octanol–water partition coefficient (Wildman–Crippen LogP) is 1.52. The number of aromatic nitrogens is 1. The molecule has 1 amide bonds. The molecule has 1 aliphatic heterocycles. The number of amides is 1. The van der Waals surface area contributed by atoms with Gasteiger partial charge in [-0.3, -0.25) is 9.78 Å². The zero-order chi connectivity index (χ0) is 12.8. The molecule has 0 aliphatic carbocycles. The lowest BCUT2D eigenvalue weighted by Crippen LogP contribution is -2.41. The molecule has 1 fully saturated rings. The third kappa shape index (κ3) is 4.27. The highest BCUT2D eigenvalue weighted by atomic mass is 79.9. The van der Waals surface area contributed by atoms with E-state index in [0.29, 0.717) is 19.0 Å². The van der Waals surface area contributed by atoms with Crippen LogP contribution in [-0.2, 0) is 9.53 Å². The Bertz CT molecular complexity index is 408. The molecule has 0 unspecified atom stereocenters. The van der Waals surface area contributed by atoms with E-state index in [1.54, 1.807) is 18.5 Å². The summed E-state index contributed by atoms with van der Waals surface area (Å²) < 4.78 is 11.4. The van der Waals surface area contributed by atoms with Crippen molar-refractivity contribution in [1.29, 1.82) is 0 Å². The summed E-state index contributed by atoms with van der Waals surface area (Å²) in [7, 11) is 0. The second-order valence-corrected chi connectivity index (χ2v) is 5.00. The minimum atomic E-state index is -0.109. The molecule has 18 heavy (non-hydrogen) atoms. The van der Waals surface area contributed by atoms with Crippen molar-refractivity contribution in [3.05, 3.63) is 22.9 Å². The average molecular weight is 315 g/mol. The van der Waals surface area contributed by atoms with Gasteiger partial charge in [0.25, 0.3) is 5.91 Å². The van der Waals surface area contributed by atoms with Crippen molar-refractivity contribution in [2.24, 2.45) is 0 Å². The van der Waals surface area contributed by atoms with E-state index in [1.165, 1.54) is 0 Å². The maximum atomic E-state index is 11.7. The van der Waals surface area contributed by atoms with E-state index in [-0.39, 0.29) is 18.6 Å². The third-order valence-corrected chi connectivity index (χ3v) is 3.07. The van der Waals surface area contributed by atoms with Crippen LogP contribution in [0.15, 0.2) is 22.9 Å². The van der Waals surface area contributed by atoms with E-state index < -0.39 is 0 Å². The summed E-state index contributed by atoms with van der Waals surface area (Å²) in [5.74, 6) is 0.466. The molecule has 0 saturated carbocycles. The fourth-order valence-corrected chi connectivity index (χ4v) is 2.08. The lowest BCUT2D eigenvalue weighted by atomic mass is 10.1. The minimum Gasteiger partial charge on any atom is -0.482 e. The Hall–Kier alpha value is -1.14. The molecule has 2 heterocycles. The Kier molecular flexibility index (Phi) is 4.95. The highest BCUT2D eigenvalue weighted by Gasteiger charge is 2.16. The van der Waals surface area contributed by atoms with Gasteiger partial charge in [0.2, 0.25) is 0 Å². The van der Waals surface area contributed by atoms with Crippen LogP contribution in [0.1, 0.15) is 12.8 Å². The molecule has 0 aromatic carbocycles. The second-order valence-electron chi connectivity index (χ2n) is 4.08. The van der Waals surface area contributed by atoms with Crippen molar-refractivity contribution in [1.82, 2.24) is 10.3 Å². The van der Waals surface area contributed by atoms with Gasteiger partial charge in [0.05, 0.1) is 6.20 Å². The van der Waals surface area contributed by atoms with Crippen molar-refractivity contribution < 1.29 is 14.3 Å². The summed E-state index contributed by atoms with van der Waals surface area (Å²) >= 11 is 3.29. The first-order chi connectivity index (χ1) is 8.74. The molecule has 98 valence electrons. The molecule has 0 spiro atoms. The van der Waals surface area contributed by atoms with Crippen LogP contribution < -0.4 is 10.1 Å². The van der Waals surface area contributed by atoms with Crippen LogP contribution in [0, 0.1) is 0 Å². The first-order valence-corrected chi connectivity index (χ1v) is 6.64. The first kappa shape index (κ1) is 13.3. The predicted molar refractivity (Wildman–Crippen MR) is 69.4 cm³/mol. The number of carbonyl (C=O) groups is 1. The van der Waals surface area contributed by atoms with Gasteiger partial charge in [0, 0.05) is 29.9 Å². The molecule has 2 rings (SSSR count). The van der Waals surface area contributed by atoms with E-state index >= 15 is 0 Å². The van der Waals surface area contributed by atoms with Crippen molar-refractivity contribution in [3.8, 4) is 5.75 Å². The van der Waals surface area contributed by atoms with Gasteiger partial charge in [-0.05, 0) is 34.8 Å². The molecule has 0 atom stereocenters. The largest absolute Gasteiger partial charge is 0.482 e. The SMILES string of the molecule is O=C(COc1cncc(Br)c1)NC1CCOCC1. The number of rotatable bonds is 4. The van der Waals surface area contributed by atoms with Gasteiger partial charge < -0.3 is 14.8 Å². The van der Waals surface area contributed by atoms with Gasteiger partial charge >= 0.3 is 0 Å². The second kappa shape index (κ2) is 6.70. The van der Waals surface area contributed by atoms with Gasteiger partial charge in [-0.25, -0.2) is 0 Å². The topological polar surface area (TPSA) is 60.5 Å². The highest BCUT2D eigenvalue weighted by molar-refractivity contribution is 9.10. The van der Waals surface area contributed by atoms with Crippen LogP contribution in [-0.4, -0.2) is 36.8 Å². The highest BCUT2D eigenvalue weighted by Crippen LogP contribution is 2.15. The van der Waals surface area contributed by atoms with E-state index in [1.807, 2.05) is 0 Å². The van der Waals surface area contributed by atoms with E-state index in [2.05, 4.69) is 26.2 Å². The molecule has 0 radical (unpaired) electrons. The van der Waals surface area contributed by atoms with E-state index in [0.717, 1.165) is 17.3 Å². The summed E-state index contributed by atoms with van der Waals surface area (Å²) in [5.41, 5.74) is 0. The monoisotopic (exact) mass is 314 g/mol. The number of hydrogen-bond donors (Lipinski definition) is 1. The van der Waals surface area contributed by atoms with Crippen LogP contribution >= 0.6 is 15.9 Å². The molecule has 1 aliphatic rings. The molecule has 6 heteroatoms. The number of hydrogen-bond acceptors (Lipinski definition) is 4. The maximum absolute atomic E-state index is 11.7. The van der Waals surface area contributed by atoms with Crippen molar-refractivity contribution >= 4 is 21.8 Å². The lowest BCUT2D eigenvalue weighted by molar-refractivity contribution is -0.124. The molecule has 1 saturated heterocycles. The molecule has 5 nitrogen and oxygen atoms in total. The number of nitrogens with zero attached hydrogens (tertiary/aromatic N) is 1. The average Bonchev–Trinajstić information content (AvgIpc) is 2.38. The molecule has 1 N–H and O–H groups in total. The van der Waals surface area contributed by atoms with Crippen LogP contribution in [0.2, 0.25) is 0 Å². The molecule has 1 aromatic rings. The third-order valence-electron chi connectivity index (χ3n) is 2.64.